The highest BCUT2D eigenvalue weighted by Gasteiger charge is 2.15. The summed E-state index contributed by atoms with van der Waals surface area (Å²) >= 11 is 3.65. The molecule has 0 heterocycles. The van der Waals surface area contributed by atoms with Crippen LogP contribution in [0.15, 0.2) is 65.1 Å². The normalized spacial score (nSPS) is 12.8. The summed E-state index contributed by atoms with van der Waals surface area (Å²) in [5.74, 6) is 0. The first-order valence-electron chi connectivity index (χ1n) is 6.80. The van der Waals surface area contributed by atoms with Crippen molar-refractivity contribution < 1.29 is 0 Å². The number of benzene rings is 3. The third-order valence-corrected chi connectivity index (χ3v) is 4.68. The van der Waals surface area contributed by atoms with E-state index in [1.165, 1.54) is 37.5 Å². The predicted molar refractivity (Wildman–Crippen MR) is 89.8 cm³/mol. The van der Waals surface area contributed by atoms with Gasteiger partial charge in [-0.3, -0.25) is 0 Å². The average molecular weight is 321 g/mol. The second-order valence-corrected chi connectivity index (χ2v) is 5.97. The number of allylic oxidation sites excluding steroid dienone is 1. The van der Waals surface area contributed by atoms with Gasteiger partial charge in [-0.2, -0.15) is 0 Å². The molecule has 0 aliphatic heterocycles. The topological polar surface area (TPSA) is 0 Å². The maximum atomic E-state index is 3.65. The van der Waals surface area contributed by atoms with Crippen molar-refractivity contribution in [3.8, 4) is 11.1 Å². The van der Waals surface area contributed by atoms with E-state index >= 15 is 0 Å². The molecular weight excluding hydrogens is 308 g/mol. The van der Waals surface area contributed by atoms with Gasteiger partial charge in [0.1, 0.15) is 0 Å². The summed E-state index contributed by atoms with van der Waals surface area (Å²) in [4.78, 5) is 0. The van der Waals surface area contributed by atoms with Crippen molar-refractivity contribution in [1.29, 1.82) is 0 Å². The van der Waals surface area contributed by atoms with E-state index in [-0.39, 0.29) is 0 Å². The number of hydrogen-bond donors (Lipinski definition) is 0. The number of halogens is 1. The van der Waals surface area contributed by atoms with E-state index in [1.807, 2.05) is 0 Å². The molecule has 1 aliphatic carbocycles. The van der Waals surface area contributed by atoms with Crippen LogP contribution < -0.4 is 0 Å². The fraction of sp³-hybridized carbons (Fsp3) is 0.0526. The van der Waals surface area contributed by atoms with Crippen LogP contribution in [-0.4, -0.2) is 0 Å². The van der Waals surface area contributed by atoms with Crippen LogP contribution in [0.25, 0.3) is 28.0 Å². The first-order chi connectivity index (χ1) is 9.84. The van der Waals surface area contributed by atoms with Crippen LogP contribution in [0.3, 0.4) is 0 Å². The Balaban J connectivity index is 2.04. The van der Waals surface area contributed by atoms with Crippen LogP contribution in [-0.2, 0) is 6.42 Å². The Kier molecular flexibility index (Phi) is 2.75. The Morgan fingerprint density at radius 3 is 2.60 bits per heavy atom. The minimum atomic E-state index is 1.02. The van der Waals surface area contributed by atoms with Crippen LogP contribution >= 0.6 is 15.9 Å². The van der Waals surface area contributed by atoms with Crippen molar-refractivity contribution in [3.05, 3.63) is 76.3 Å². The number of hydrogen-bond acceptors (Lipinski definition) is 0. The third kappa shape index (κ3) is 1.74. The van der Waals surface area contributed by atoms with Gasteiger partial charge in [0, 0.05) is 4.47 Å². The third-order valence-electron chi connectivity index (χ3n) is 3.99. The Labute approximate surface area is 126 Å². The Morgan fingerprint density at radius 2 is 1.65 bits per heavy atom. The molecule has 1 aliphatic rings. The van der Waals surface area contributed by atoms with Crippen LogP contribution in [0, 0.1) is 0 Å². The average Bonchev–Trinajstić information content (AvgIpc) is 2.98. The van der Waals surface area contributed by atoms with Crippen LogP contribution in [0.4, 0.5) is 0 Å². The van der Waals surface area contributed by atoms with Gasteiger partial charge in [0.05, 0.1) is 0 Å². The van der Waals surface area contributed by atoms with Gasteiger partial charge in [-0.1, -0.05) is 76.6 Å². The van der Waals surface area contributed by atoms with E-state index in [1.54, 1.807) is 0 Å². The summed E-state index contributed by atoms with van der Waals surface area (Å²) in [6, 6.07) is 19.5. The summed E-state index contributed by atoms with van der Waals surface area (Å²) < 4.78 is 1.19. The van der Waals surface area contributed by atoms with Gasteiger partial charge in [-0.25, -0.2) is 0 Å². The van der Waals surface area contributed by atoms with Crippen LogP contribution in [0.5, 0.6) is 0 Å². The molecule has 0 radical (unpaired) electrons. The quantitative estimate of drug-likeness (QED) is 0.528. The van der Waals surface area contributed by atoms with Crippen molar-refractivity contribution in [1.82, 2.24) is 0 Å². The fourth-order valence-corrected chi connectivity index (χ4v) is 3.55. The molecule has 3 aromatic carbocycles. The Morgan fingerprint density at radius 1 is 0.800 bits per heavy atom. The minimum Gasteiger partial charge on any atom is -0.0794 e. The smallest absolute Gasteiger partial charge is 0.0250 e. The molecule has 1 heteroatoms. The van der Waals surface area contributed by atoms with E-state index in [2.05, 4.69) is 82.7 Å². The zero-order valence-corrected chi connectivity index (χ0v) is 12.5. The maximum Gasteiger partial charge on any atom is 0.0250 e. The summed E-state index contributed by atoms with van der Waals surface area (Å²) in [6.07, 6.45) is 5.48. The highest BCUT2D eigenvalue weighted by molar-refractivity contribution is 9.10. The van der Waals surface area contributed by atoms with E-state index < -0.39 is 0 Å². The lowest BCUT2D eigenvalue weighted by Gasteiger charge is -2.13. The van der Waals surface area contributed by atoms with Gasteiger partial charge in [-0.15, -0.1) is 0 Å². The first-order valence-corrected chi connectivity index (χ1v) is 7.60. The van der Waals surface area contributed by atoms with Gasteiger partial charge in [0.15, 0.2) is 0 Å². The van der Waals surface area contributed by atoms with Crippen molar-refractivity contribution in [2.24, 2.45) is 0 Å². The standard InChI is InChI=1S/C19H13Br/c20-19-12-11-17(16-9-4-10-18(16)19)15-8-3-6-13-5-1-2-7-14(13)15/h1-8,10-12H,9H2. The second-order valence-electron chi connectivity index (χ2n) is 5.12. The lowest BCUT2D eigenvalue weighted by molar-refractivity contribution is 1.30. The summed E-state index contributed by atoms with van der Waals surface area (Å²) in [5.41, 5.74) is 5.44. The van der Waals surface area contributed by atoms with Crippen LogP contribution in [0.1, 0.15) is 11.1 Å². The zero-order chi connectivity index (χ0) is 13.5. The molecule has 0 saturated heterocycles. The fourth-order valence-electron chi connectivity index (χ4n) is 3.04. The van der Waals surface area contributed by atoms with E-state index in [4.69, 9.17) is 0 Å². The van der Waals surface area contributed by atoms with Crippen molar-refractivity contribution in [2.45, 2.75) is 6.42 Å². The minimum absolute atomic E-state index is 1.02. The van der Waals surface area contributed by atoms with Gasteiger partial charge in [0.25, 0.3) is 0 Å². The van der Waals surface area contributed by atoms with Crippen molar-refractivity contribution in [3.63, 3.8) is 0 Å². The summed E-state index contributed by atoms with van der Waals surface area (Å²) in [5, 5.41) is 2.62. The monoisotopic (exact) mass is 320 g/mol. The molecule has 0 aromatic heterocycles. The zero-order valence-electron chi connectivity index (χ0n) is 10.9. The molecule has 0 unspecified atom stereocenters. The van der Waals surface area contributed by atoms with Gasteiger partial charge in [-0.05, 0) is 45.5 Å². The molecule has 0 bridgehead atoms. The lowest BCUT2D eigenvalue weighted by Crippen LogP contribution is -1.91. The molecule has 0 atom stereocenters. The molecule has 0 amide bonds. The molecule has 0 nitrogen and oxygen atoms in total. The Bertz CT molecular complexity index is 838. The van der Waals surface area contributed by atoms with E-state index in [0.29, 0.717) is 0 Å². The number of fused-ring (bicyclic) bond motifs is 2. The summed E-state index contributed by atoms with van der Waals surface area (Å²) in [6.45, 7) is 0. The van der Waals surface area contributed by atoms with Crippen LogP contribution in [0.2, 0.25) is 0 Å². The predicted octanol–water partition coefficient (Wildman–Crippen LogP) is 5.84. The molecule has 0 N–H and O–H groups in total. The van der Waals surface area contributed by atoms with Crippen molar-refractivity contribution >= 4 is 32.8 Å². The first kappa shape index (κ1) is 11.9. The molecule has 0 saturated carbocycles. The SMILES string of the molecule is Brc1ccc(-c2cccc3ccccc23)c2c1C=CC2. The highest BCUT2D eigenvalue weighted by atomic mass is 79.9. The molecule has 4 rings (SSSR count). The van der Waals surface area contributed by atoms with E-state index in [0.717, 1.165) is 6.42 Å². The highest BCUT2D eigenvalue weighted by Crippen LogP contribution is 2.38. The molecule has 3 aromatic rings. The van der Waals surface area contributed by atoms with Gasteiger partial charge >= 0.3 is 0 Å². The number of rotatable bonds is 1. The van der Waals surface area contributed by atoms with E-state index in [9.17, 15) is 0 Å². The molecular formula is C19H13Br. The Hall–Kier alpha value is -1.86. The van der Waals surface area contributed by atoms with Gasteiger partial charge in [0.2, 0.25) is 0 Å². The molecule has 0 spiro atoms. The second kappa shape index (κ2) is 4.60. The summed E-state index contributed by atoms with van der Waals surface area (Å²) in [7, 11) is 0. The molecule has 0 fully saturated rings. The maximum absolute atomic E-state index is 3.65. The van der Waals surface area contributed by atoms with Crippen molar-refractivity contribution in [2.75, 3.05) is 0 Å². The van der Waals surface area contributed by atoms with Gasteiger partial charge < -0.3 is 0 Å². The lowest BCUT2D eigenvalue weighted by atomic mass is 9.93. The molecule has 20 heavy (non-hydrogen) atoms. The largest absolute Gasteiger partial charge is 0.0794 e. The molecule has 96 valence electrons.